The number of aliphatic hydroxyl groups is 1. The highest BCUT2D eigenvalue weighted by Crippen LogP contribution is 2.45. The molecule has 0 aliphatic carbocycles. The summed E-state index contributed by atoms with van der Waals surface area (Å²) >= 11 is 0. The number of Topliss-reactive ketones (excluding diaryl/α,β-unsaturated/α-hetero) is 1. The van der Waals surface area contributed by atoms with Crippen molar-refractivity contribution >= 4 is 23.1 Å². The zero-order valence-corrected chi connectivity index (χ0v) is 16.3. The number of anilines is 1. The fraction of sp³-hybridized carbons (Fsp3) is 0.0870. The number of benzene rings is 2. The fourth-order valence-corrected chi connectivity index (χ4v) is 3.62. The summed E-state index contributed by atoms with van der Waals surface area (Å²) in [5.74, 6) is -3.26. The predicted octanol–water partition coefficient (Wildman–Crippen LogP) is 3.56. The summed E-state index contributed by atoms with van der Waals surface area (Å²) in [6.07, 6.45) is 2.95. The number of phenols is 1. The Labute approximate surface area is 176 Å². The standard InChI is InChI=1S/C23H17FN2O5/c1-31-18-7-6-14(24)12-15(18)21(28)19-20(13-8-10-25-11-9-13)26(23(30)22(19)29)16-4-2-3-5-17(16)27/h2-12,20,27-28H,1H3/b21-19+. The zero-order valence-electron chi connectivity index (χ0n) is 16.3. The maximum Gasteiger partial charge on any atom is 0.300 e. The van der Waals surface area contributed by atoms with Gasteiger partial charge in [-0.25, -0.2) is 4.39 Å². The van der Waals surface area contributed by atoms with E-state index in [0.29, 0.717) is 5.56 Å². The van der Waals surface area contributed by atoms with Crippen LogP contribution in [0.25, 0.3) is 5.76 Å². The van der Waals surface area contributed by atoms with Gasteiger partial charge in [-0.15, -0.1) is 0 Å². The quantitative estimate of drug-likeness (QED) is 0.380. The molecule has 0 spiro atoms. The van der Waals surface area contributed by atoms with Gasteiger partial charge in [0.25, 0.3) is 11.7 Å². The smallest absolute Gasteiger partial charge is 0.300 e. The Kier molecular flexibility index (Phi) is 5.12. The van der Waals surface area contributed by atoms with Crippen molar-refractivity contribution in [3.8, 4) is 11.5 Å². The van der Waals surface area contributed by atoms with Crippen molar-refractivity contribution in [2.75, 3.05) is 12.0 Å². The molecule has 1 fully saturated rings. The van der Waals surface area contributed by atoms with Crippen LogP contribution in [0.1, 0.15) is 17.2 Å². The van der Waals surface area contributed by atoms with Gasteiger partial charge >= 0.3 is 0 Å². The average molecular weight is 420 g/mol. The van der Waals surface area contributed by atoms with Gasteiger partial charge in [0.05, 0.1) is 30.0 Å². The number of hydrogen-bond acceptors (Lipinski definition) is 6. The van der Waals surface area contributed by atoms with Crippen molar-refractivity contribution in [1.29, 1.82) is 0 Å². The Bertz CT molecular complexity index is 1210. The van der Waals surface area contributed by atoms with Crippen LogP contribution >= 0.6 is 0 Å². The van der Waals surface area contributed by atoms with E-state index < -0.39 is 29.3 Å². The molecule has 1 amide bonds. The van der Waals surface area contributed by atoms with Crippen LogP contribution in [0.15, 0.2) is 72.6 Å². The SMILES string of the molecule is COc1ccc(F)cc1/C(O)=C1\C(=O)C(=O)N(c2ccccc2O)C1c1ccncc1. The van der Waals surface area contributed by atoms with E-state index in [-0.39, 0.29) is 28.3 Å². The molecule has 1 aliphatic heterocycles. The number of aromatic hydroxyl groups is 1. The molecule has 3 aromatic rings. The van der Waals surface area contributed by atoms with Crippen LogP contribution in [0, 0.1) is 5.82 Å². The van der Waals surface area contributed by atoms with Gasteiger partial charge in [-0.2, -0.15) is 0 Å². The van der Waals surface area contributed by atoms with E-state index in [1.54, 1.807) is 24.3 Å². The van der Waals surface area contributed by atoms with Crippen LogP contribution in [-0.2, 0) is 9.59 Å². The average Bonchev–Trinajstić information content (AvgIpc) is 3.05. The van der Waals surface area contributed by atoms with Crippen molar-refractivity contribution in [3.05, 3.63) is 89.5 Å². The molecule has 1 saturated heterocycles. The van der Waals surface area contributed by atoms with E-state index in [2.05, 4.69) is 4.98 Å². The van der Waals surface area contributed by atoms with Gasteiger partial charge < -0.3 is 14.9 Å². The maximum absolute atomic E-state index is 13.9. The molecule has 7 nitrogen and oxygen atoms in total. The minimum absolute atomic E-state index is 0.0724. The van der Waals surface area contributed by atoms with Crippen LogP contribution in [0.4, 0.5) is 10.1 Å². The molecule has 31 heavy (non-hydrogen) atoms. The van der Waals surface area contributed by atoms with E-state index in [1.807, 2.05) is 0 Å². The van der Waals surface area contributed by atoms with Crippen LogP contribution in [-0.4, -0.2) is 34.0 Å². The summed E-state index contributed by atoms with van der Waals surface area (Å²) in [4.78, 5) is 31.1. The Balaban J connectivity index is 2.00. The summed E-state index contributed by atoms with van der Waals surface area (Å²) in [5, 5.41) is 21.4. The number of hydrogen-bond donors (Lipinski definition) is 2. The molecule has 2 heterocycles. The molecule has 1 aromatic heterocycles. The highest BCUT2D eigenvalue weighted by molar-refractivity contribution is 6.52. The Morgan fingerprint density at radius 2 is 1.81 bits per heavy atom. The summed E-state index contributed by atoms with van der Waals surface area (Å²) in [6, 6.07) is 11.6. The number of ether oxygens (including phenoxy) is 1. The first-order valence-electron chi connectivity index (χ1n) is 9.27. The second-order valence-corrected chi connectivity index (χ2v) is 6.78. The molecule has 0 bridgehead atoms. The van der Waals surface area contributed by atoms with Gasteiger partial charge in [0.1, 0.15) is 23.1 Å². The Morgan fingerprint density at radius 1 is 1.10 bits per heavy atom. The second kappa shape index (κ2) is 7.91. The number of para-hydroxylation sites is 2. The van der Waals surface area contributed by atoms with Crippen molar-refractivity contribution in [2.45, 2.75) is 6.04 Å². The lowest BCUT2D eigenvalue weighted by Gasteiger charge is -2.26. The number of carbonyl (C=O) groups is 2. The van der Waals surface area contributed by atoms with E-state index in [9.17, 15) is 24.2 Å². The number of rotatable bonds is 4. The number of pyridine rings is 1. The van der Waals surface area contributed by atoms with Gasteiger partial charge in [-0.3, -0.25) is 19.5 Å². The predicted molar refractivity (Wildman–Crippen MR) is 110 cm³/mol. The number of methoxy groups -OCH3 is 1. The highest BCUT2D eigenvalue weighted by Gasteiger charge is 2.47. The van der Waals surface area contributed by atoms with Gasteiger partial charge in [-0.05, 0) is 48.0 Å². The topological polar surface area (TPSA) is 100.0 Å². The first-order valence-corrected chi connectivity index (χ1v) is 9.27. The Hall–Kier alpha value is -4.20. The van der Waals surface area contributed by atoms with Gasteiger partial charge in [0, 0.05) is 12.4 Å². The lowest BCUT2D eigenvalue weighted by molar-refractivity contribution is -0.132. The molecule has 0 saturated carbocycles. The number of phenolic OH excluding ortho intramolecular Hbond substituents is 1. The summed E-state index contributed by atoms with van der Waals surface area (Å²) in [5.41, 5.74) is 0.228. The number of aliphatic hydroxyl groups excluding tert-OH is 1. The van der Waals surface area contributed by atoms with Crippen LogP contribution in [0.2, 0.25) is 0 Å². The third kappa shape index (κ3) is 3.38. The molecule has 4 rings (SSSR count). The molecule has 2 aromatic carbocycles. The second-order valence-electron chi connectivity index (χ2n) is 6.78. The first-order chi connectivity index (χ1) is 14.9. The monoisotopic (exact) mass is 420 g/mol. The third-order valence-electron chi connectivity index (χ3n) is 5.02. The number of amides is 1. The number of halogens is 1. The minimum Gasteiger partial charge on any atom is -0.507 e. The van der Waals surface area contributed by atoms with E-state index in [4.69, 9.17) is 4.74 Å². The lowest BCUT2D eigenvalue weighted by atomic mass is 9.95. The number of aromatic nitrogens is 1. The number of nitrogens with zero attached hydrogens (tertiary/aromatic N) is 2. The van der Waals surface area contributed by atoms with Gasteiger partial charge in [0.15, 0.2) is 0 Å². The molecule has 1 unspecified atom stereocenters. The van der Waals surface area contributed by atoms with Gasteiger partial charge in [0.2, 0.25) is 0 Å². The third-order valence-corrected chi connectivity index (χ3v) is 5.02. The molecular formula is C23H17FN2O5. The Morgan fingerprint density at radius 3 is 2.48 bits per heavy atom. The molecule has 156 valence electrons. The van der Waals surface area contributed by atoms with Gasteiger partial charge in [-0.1, -0.05) is 12.1 Å². The molecule has 1 aliphatic rings. The van der Waals surface area contributed by atoms with E-state index in [1.165, 1.54) is 37.7 Å². The number of ketones is 1. The van der Waals surface area contributed by atoms with Crippen LogP contribution in [0.5, 0.6) is 11.5 Å². The molecule has 2 N–H and O–H groups in total. The largest absolute Gasteiger partial charge is 0.507 e. The fourth-order valence-electron chi connectivity index (χ4n) is 3.62. The molecular weight excluding hydrogens is 403 g/mol. The summed E-state index contributed by atoms with van der Waals surface area (Å²) in [7, 11) is 1.34. The number of carbonyl (C=O) groups excluding carboxylic acids is 2. The highest BCUT2D eigenvalue weighted by atomic mass is 19.1. The van der Waals surface area contributed by atoms with Crippen LogP contribution in [0.3, 0.4) is 0 Å². The van der Waals surface area contributed by atoms with E-state index in [0.717, 1.165) is 17.0 Å². The van der Waals surface area contributed by atoms with Crippen molar-refractivity contribution in [3.63, 3.8) is 0 Å². The van der Waals surface area contributed by atoms with Crippen LogP contribution < -0.4 is 9.64 Å². The normalized spacial score (nSPS) is 17.7. The van der Waals surface area contributed by atoms with Crippen molar-refractivity contribution < 1.29 is 28.9 Å². The molecule has 8 heteroatoms. The van der Waals surface area contributed by atoms with Crippen molar-refractivity contribution in [1.82, 2.24) is 4.98 Å². The maximum atomic E-state index is 13.9. The minimum atomic E-state index is -1.08. The lowest BCUT2D eigenvalue weighted by Crippen LogP contribution is -2.29. The van der Waals surface area contributed by atoms with E-state index >= 15 is 0 Å². The van der Waals surface area contributed by atoms with Crippen molar-refractivity contribution in [2.24, 2.45) is 0 Å². The summed E-state index contributed by atoms with van der Waals surface area (Å²) < 4.78 is 19.1. The first kappa shape index (κ1) is 20.1. The molecule has 1 atom stereocenters. The summed E-state index contributed by atoms with van der Waals surface area (Å²) in [6.45, 7) is 0. The molecule has 0 radical (unpaired) electrons. The zero-order chi connectivity index (χ0) is 22.1.